The van der Waals surface area contributed by atoms with Crippen molar-refractivity contribution in [2.45, 2.75) is 27.3 Å². The molecule has 2 heterocycles. The Morgan fingerprint density at radius 1 is 1.55 bits per heavy atom. The molecule has 0 unspecified atom stereocenters. The first kappa shape index (κ1) is 13.7. The molecule has 9 heteroatoms. The molecule has 0 aromatic carbocycles. The van der Waals surface area contributed by atoms with Gasteiger partial charge in [0, 0.05) is 18.4 Å². The molecule has 9 nitrogen and oxygen atoms in total. The van der Waals surface area contributed by atoms with Crippen molar-refractivity contribution in [1.82, 2.24) is 19.7 Å². The van der Waals surface area contributed by atoms with Gasteiger partial charge in [-0.05, 0) is 20.8 Å². The van der Waals surface area contributed by atoms with Crippen molar-refractivity contribution in [2.24, 2.45) is 0 Å². The summed E-state index contributed by atoms with van der Waals surface area (Å²) in [5.74, 6) is -0.378. The molecule has 0 saturated carbocycles. The van der Waals surface area contributed by atoms with E-state index < -0.39 is 10.8 Å². The summed E-state index contributed by atoms with van der Waals surface area (Å²) in [5.41, 5.74) is 0.615. The van der Waals surface area contributed by atoms with Crippen LogP contribution in [0.5, 0.6) is 0 Å². The molecule has 0 aliphatic heterocycles. The summed E-state index contributed by atoms with van der Waals surface area (Å²) in [5, 5.41) is 17.6. The predicted molar refractivity (Wildman–Crippen MR) is 70.6 cm³/mol. The molecule has 0 fully saturated rings. The zero-order valence-corrected chi connectivity index (χ0v) is 11.3. The summed E-state index contributed by atoms with van der Waals surface area (Å²) in [6.07, 6.45) is 1.55. The van der Waals surface area contributed by atoms with Gasteiger partial charge in [-0.1, -0.05) is 0 Å². The third-order valence-electron chi connectivity index (χ3n) is 2.73. The highest BCUT2D eigenvalue weighted by molar-refractivity contribution is 6.05. The second-order valence-electron chi connectivity index (χ2n) is 4.22. The number of imidazole rings is 1. The summed E-state index contributed by atoms with van der Waals surface area (Å²) in [7, 11) is 0. The Kier molecular flexibility index (Phi) is 3.51. The Labute approximate surface area is 114 Å². The molecule has 0 radical (unpaired) electrons. The number of H-pyrrole nitrogens is 1. The number of nitrogens with zero attached hydrogens (tertiary/aromatic N) is 4. The van der Waals surface area contributed by atoms with Gasteiger partial charge in [-0.15, -0.1) is 0 Å². The summed E-state index contributed by atoms with van der Waals surface area (Å²) >= 11 is 0. The molecular formula is C11H14N6O3. The Hall–Kier alpha value is -2.71. The first-order valence-corrected chi connectivity index (χ1v) is 5.98. The van der Waals surface area contributed by atoms with E-state index in [2.05, 4.69) is 20.4 Å². The van der Waals surface area contributed by atoms with Crippen LogP contribution in [0.3, 0.4) is 0 Å². The molecule has 1 amide bonds. The van der Waals surface area contributed by atoms with E-state index >= 15 is 0 Å². The average molecular weight is 278 g/mol. The smallest absolute Gasteiger partial charge is 0.322 e. The fraction of sp³-hybridized carbons (Fsp3) is 0.364. The van der Waals surface area contributed by atoms with Crippen LogP contribution in [-0.4, -0.2) is 30.6 Å². The van der Waals surface area contributed by atoms with Crippen LogP contribution >= 0.6 is 0 Å². The van der Waals surface area contributed by atoms with Crippen LogP contribution in [-0.2, 0) is 6.54 Å². The fourth-order valence-electron chi connectivity index (χ4n) is 1.89. The Morgan fingerprint density at radius 3 is 2.75 bits per heavy atom. The molecule has 0 saturated heterocycles. The van der Waals surface area contributed by atoms with Crippen molar-refractivity contribution in [3.05, 3.63) is 33.4 Å². The van der Waals surface area contributed by atoms with Gasteiger partial charge in [-0.2, -0.15) is 5.10 Å². The number of aromatic amines is 1. The zero-order valence-electron chi connectivity index (χ0n) is 11.3. The van der Waals surface area contributed by atoms with Crippen LogP contribution < -0.4 is 5.32 Å². The Morgan fingerprint density at radius 2 is 2.25 bits per heavy atom. The lowest BCUT2D eigenvalue weighted by atomic mass is 10.3. The van der Waals surface area contributed by atoms with E-state index in [-0.39, 0.29) is 23.0 Å². The molecular weight excluding hydrogens is 264 g/mol. The summed E-state index contributed by atoms with van der Waals surface area (Å²) in [6.45, 7) is 5.39. The number of nitro groups is 1. The third-order valence-corrected chi connectivity index (χ3v) is 2.73. The third kappa shape index (κ3) is 2.37. The molecule has 2 rings (SSSR count). The fourth-order valence-corrected chi connectivity index (χ4v) is 1.89. The van der Waals surface area contributed by atoms with Crippen LogP contribution in [0.1, 0.15) is 28.8 Å². The number of rotatable bonds is 4. The molecule has 0 atom stereocenters. The van der Waals surface area contributed by atoms with Gasteiger partial charge >= 0.3 is 5.69 Å². The van der Waals surface area contributed by atoms with E-state index in [1.54, 1.807) is 20.0 Å². The number of anilines is 1. The molecule has 0 aliphatic carbocycles. The minimum atomic E-state index is -0.617. The summed E-state index contributed by atoms with van der Waals surface area (Å²) in [4.78, 5) is 29.4. The molecule has 2 N–H and O–H groups in total. The summed E-state index contributed by atoms with van der Waals surface area (Å²) < 4.78 is 1.30. The zero-order chi connectivity index (χ0) is 14.9. The van der Waals surface area contributed by atoms with Gasteiger partial charge < -0.3 is 4.98 Å². The van der Waals surface area contributed by atoms with E-state index in [4.69, 9.17) is 0 Å². The van der Waals surface area contributed by atoms with Gasteiger partial charge in [0.2, 0.25) is 11.6 Å². The molecule has 0 aliphatic rings. The van der Waals surface area contributed by atoms with Crippen molar-refractivity contribution >= 4 is 17.5 Å². The monoisotopic (exact) mass is 278 g/mol. The van der Waals surface area contributed by atoms with Crippen molar-refractivity contribution in [1.29, 1.82) is 0 Å². The maximum atomic E-state index is 12.2. The lowest BCUT2D eigenvalue weighted by molar-refractivity contribution is -0.385. The number of hydrogen-bond acceptors (Lipinski definition) is 5. The van der Waals surface area contributed by atoms with E-state index in [0.29, 0.717) is 6.54 Å². The van der Waals surface area contributed by atoms with Crippen LogP contribution in [0, 0.1) is 24.0 Å². The number of carbonyl (C=O) groups excluding carboxylic acids is 1. The van der Waals surface area contributed by atoms with Crippen LogP contribution in [0.4, 0.5) is 11.6 Å². The Bertz CT molecular complexity index is 672. The number of hydrogen-bond donors (Lipinski definition) is 2. The van der Waals surface area contributed by atoms with Crippen LogP contribution in [0.25, 0.3) is 0 Å². The van der Waals surface area contributed by atoms with Crippen molar-refractivity contribution in [3.63, 3.8) is 0 Å². The lowest BCUT2D eigenvalue weighted by Crippen LogP contribution is -2.19. The number of nitrogens with one attached hydrogen (secondary N) is 2. The summed E-state index contributed by atoms with van der Waals surface area (Å²) in [6, 6.07) is 0. The van der Waals surface area contributed by atoms with E-state index in [1.165, 1.54) is 11.6 Å². The van der Waals surface area contributed by atoms with Crippen LogP contribution in [0.2, 0.25) is 0 Å². The average Bonchev–Trinajstić information content (AvgIpc) is 2.92. The molecule has 0 spiro atoms. The molecule has 20 heavy (non-hydrogen) atoms. The van der Waals surface area contributed by atoms with Crippen LogP contribution in [0.15, 0.2) is 6.20 Å². The van der Waals surface area contributed by atoms with Gasteiger partial charge in [0.25, 0.3) is 5.91 Å². The van der Waals surface area contributed by atoms with Gasteiger partial charge in [0.1, 0.15) is 5.69 Å². The number of aryl methyl sites for hydroxylation is 3. The standard InChI is InChI=1S/C11H14N6O3/c1-4-16-9(8(17(19)20)7(3)15-16)10(18)14-11-12-5-6(2)13-11/h5H,4H2,1-3H3,(H2,12,13,14,18). The SMILES string of the molecule is CCn1nc(C)c([N+](=O)[O-])c1C(=O)Nc1ncc(C)[nH]1. The molecule has 0 bridgehead atoms. The van der Waals surface area contributed by atoms with Crippen molar-refractivity contribution < 1.29 is 9.72 Å². The van der Waals surface area contributed by atoms with Crippen molar-refractivity contribution in [2.75, 3.05) is 5.32 Å². The number of aromatic nitrogens is 4. The lowest BCUT2D eigenvalue weighted by Gasteiger charge is -2.03. The number of amides is 1. The Balaban J connectivity index is 2.40. The normalized spacial score (nSPS) is 10.6. The van der Waals surface area contributed by atoms with Crippen molar-refractivity contribution in [3.8, 4) is 0 Å². The topological polar surface area (TPSA) is 119 Å². The highest BCUT2D eigenvalue weighted by Gasteiger charge is 2.30. The first-order valence-electron chi connectivity index (χ1n) is 5.98. The van der Waals surface area contributed by atoms with Gasteiger partial charge in [-0.25, -0.2) is 4.98 Å². The molecule has 2 aromatic rings. The maximum Gasteiger partial charge on any atom is 0.322 e. The second-order valence-corrected chi connectivity index (χ2v) is 4.22. The largest absolute Gasteiger partial charge is 0.328 e. The quantitative estimate of drug-likeness (QED) is 0.647. The number of carbonyl (C=O) groups is 1. The van der Waals surface area contributed by atoms with E-state index in [0.717, 1.165) is 5.69 Å². The molecule has 2 aromatic heterocycles. The minimum Gasteiger partial charge on any atom is -0.328 e. The van der Waals surface area contributed by atoms with Gasteiger partial charge in [0.15, 0.2) is 0 Å². The maximum absolute atomic E-state index is 12.2. The van der Waals surface area contributed by atoms with E-state index in [9.17, 15) is 14.9 Å². The second kappa shape index (κ2) is 5.11. The highest BCUT2D eigenvalue weighted by Crippen LogP contribution is 2.23. The molecule has 106 valence electrons. The van der Waals surface area contributed by atoms with Gasteiger partial charge in [0.05, 0.1) is 4.92 Å². The first-order chi connectivity index (χ1) is 9.43. The van der Waals surface area contributed by atoms with Gasteiger partial charge in [-0.3, -0.25) is 24.9 Å². The predicted octanol–water partition coefficient (Wildman–Crippen LogP) is 1.40. The minimum absolute atomic E-state index is 0.0796. The van der Waals surface area contributed by atoms with E-state index in [1.807, 2.05) is 0 Å². The highest BCUT2D eigenvalue weighted by atomic mass is 16.6.